The number of benzene rings is 4. The quantitative estimate of drug-likeness (QED) is 0.297. The Morgan fingerprint density at radius 1 is 0.588 bits per heavy atom. The fourth-order valence-corrected chi connectivity index (χ4v) is 4.60. The topological polar surface area (TPSA) is 12.4 Å². The summed E-state index contributed by atoms with van der Waals surface area (Å²) in [6, 6.07) is 42.4. The van der Waals surface area contributed by atoms with E-state index >= 15 is 0 Å². The standard InChI is InChI=1S/C33H27N/c1-25-30(27-16-8-3-9-17-27)24-34-31(23-22-26-14-6-2-7-15-26)33(29-20-12-5-13-21-29)32(25)28-18-10-4-11-19-28/h2-24,33H,1H3/b23-22+. The number of rotatable bonds is 5. The summed E-state index contributed by atoms with van der Waals surface area (Å²) in [6.45, 7) is 2.23. The Labute approximate surface area is 202 Å². The SMILES string of the molecule is CC1=C(c2ccccc2)C(c2ccccc2)C(/C=C/c2ccccc2)=NC=C1c1ccccc1. The molecule has 34 heavy (non-hydrogen) atoms. The van der Waals surface area contributed by atoms with Crippen LogP contribution in [-0.2, 0) is 0 Å². The van der Waals surface area contributed by atoms with Gasteiger partial charge in [-0.25, -0.2) is 0 Å². The van der Waals surface area contributed by atoms with Crippen molar-refractivity contribution in [2.45, 2.75) is 12.8 Å². The molecule has 164 valence electrons. The first kappa shape index (κ1) is 21.6. The highest BCUT2D eigenvalue weighted by Gasteiger charge is 2.27. The first-order valence-corrected chi connectivity index (χ1v) is 11.7. The summed E-state index contributed by atoms with van der Waals surface area (Å²) in [5.41, 5.74) is 9.52. The Morgan fingerprint density at radius 2 is 1.12 bits per heavy atom. The smallest absolute Gasteiger partial charge is 0.0523 e. The minimum atomic E-state index is 0.0148. The third-order valence-electron chi connectivity index (χ3n) is 6.28. The van der Waals surface area contributed by atoms with Crippen molar-refractivity contribution in [2.75, 3.05) is 0 Å². The van der Waals surface area contributed by atoms with Crippen molar-refractivity contribution >= 4 is 22.9 Å². The molecule has 1 atom stereocenters. The van der Waals surface area contributed by atoms with Crippen molar-refractivity contribution in [2.24, 2.45) is 4.99 Å². The first-order chi connectivity index (χ1) is 16.8. The predicted octanol–water partition coefficient (Wildman–Crippen LogP) is 8.45. The van der Waals surface area contributed by atoms with E-state index in [1.165, 1.54) is 27.8 Å². The molecule has 0 radical (unpaired) electrons. The summed E-state index contributed by atoms with van der Waals surface area (Å²) in [5.74, 6) is 0.0148. The zero-order chi connectivity index (χ0) is 23.2. The fourth-order valence-electron chi connectivity index (χ4n) is 4.60. The zero-order valence-corrected chi connectivity index (χ0v) is 19.3. The maximum atomic E-state index is 5.11. The lowest BCUT2D eigenvalue weighted by Crippen LogP contribution is -2.13. The van der Waals surface area contributed by atoms with E-state index in [2.05, 4.69) is 134 Å². The van der Waals surface area contributed by atoms with Crippen molar-refractivity contribution in [3.63, 3.8) is 0 Å². The Bertz CT molecular complexity index is 1360. The van der Waals surface area contributed by atoms with Crippen LogP contribution in [0.1, 0.15) is 35.1 Å². The van der Waals surface area contributed by atoms with E-state index in [0.717, 1.165) is 16.8 Å². The van der Waals surface area contributed by atoms with Gasteiger partial charge in [-0.05, 0) is 46.4 Å². The van der Waals surface area contributed by atoms with Crippen LogP contribution in [0.3, 0.4) is 0 Å². The van der Waals surface area contributed by atoms with Crippen LogP contribution in [0, 0.1) is 0 Å². The summed E-state index contributed by atoms with van der Waals surface area (Å²) < 4.78 is 0. The second-order valence-electron chi connectivity index (χ2n) is 8.46. The fraction of sp³-hybridized carbons (Fsp3) is 0.0606. The van der Waals surface area contributed by atoms with Gasteiger partial charge in [-0.15, -0.1) is 0 Å². The highest BCUT2D eigenvalue weighted by molar-refractivity contribution is 6.13. The molecule has 1 heteroatoms. The van der Waals surface area contributed by atoms with E-state index in [4.69, 9.17) is 4.99 Å². The molecule has 1 heterocycles. The van der Waals surface area contributed by atoms with E-state index in [1.807, 2.05) is 12.3 Å². The Morgan fingerprint density at radius 3 is 1.74 bits per heavy atom. The highest BCUT2D eigenvalue weighted by atomic mass is 14.7. The van der Waals surface area contributed by atoms with Crippen LogP contribution in [0.25, 0.3) is 17.2 Å². The second kappa shape index (κ2) is 10.1. The van der Waals surface area contributed by atoms with Gasteiger partial charge in [-0.3, -0.25) is 4.99 Å². The van der Waals surface area contributed by atoms with Crippen LogP contribution in [0.2, 0.25) is 0 Å². The van der Waals surface area contributed by atoms with Gasteiger partial charge >= 0.3 is 0 Å². The Balaban J connectivity index is 1.75. The molecule has 1 unspecified atom stereocenters. The molecule has 1 aliphatic rings. The third kappa shape index (κ3) is 4.60. The van der Waals surface area contributed by atoms with Crippen molar-refractivity contribution in [1.29, 1.82) is 0 Å². The molecule has 0 amide bonds. The molecule has 1 aliphatic heterocycles. The van der Waals surface area contributed by atoms with Gasteiger partial charge in [0.05, 0.1) is 11.6 Å². The highest BCUT2D eigenvalue weighted by Crippen LogP contribution is 2.42. The van der Waals surface area contributed by atoms with E-state index in [9.17, 15) is 0 Å². The molecule has 0 saturated heterocycles. The van der Waals surface area contributed by atoms with Gasteiger partial charge in [0.15, 0.2) is 0 Å². The van der Waals surface area contributed by atoms with Crippen LogP contribution in [-0.4, -0.2) is 5.71 Å². The van der Waals surface area contributed by atoms with Gasteiger partial charge < -0.3 is 0 Å². The molecule has 0 aliphatic carbocycles. The van der Waals surface area contributed by atoms with Crippen LogP contribution < -0.4 is 0 Å². The van der Waals surface area contributed by atoms with Crippen LogP contribution in [0.5, 0.6) is 0 Å². The van der Waals surface area contributed by atoms with Crippen LogP contribution in [0.4, 0.5) is 0 Å². The molecule has 1 nitrogen and oxygen atoms in total. The number of hydrogen-bond acceptors (Lipinski definition) is 1. The van der Waals surface area contributed by atoms with Gasteiger partial charge in [0.2, 0.25) is 0 Å². The molecule has 0 fully saturated rings. The molecule has 0 N–H and O–H groups in total. The maximum Gasteiger partial charge on any atom is 0.0523 e. The average molecular weight is 438 g/mol. The average Bonchev–Trinajstić information content (AvgIpc) is 3.05. The summed E-state index contributed by atoms with van der Waals surface area (Å²) in [6.07, 6.45) is 6.38. The third-order valence-corrected chi connectivity index (χ3v) is 6.28. The Kier molecular flexibility index (Phi) is 6.45. The molecule has 4 aromatic rings. The van der Waals surface area contributed by atoms with Crippen LogP contribution >= 0.6 is 0 Å². The van der Waals surface area contributed by atoms with Gasteiger partial charge in [0.25, 0.3) is 0 Å². The summed E-state index contributed by atoms with van der Waals surface area (Å²) in [4.78, 5) is 5.11. The van der Waals surface area contributed by atoms with Crippen molar-refractivity contribution in [3.8, 4) is 0 Å². The van der Waals surface area contributed by atoms with E-state index in [0.29, 0.717) is 0 Å². The number of aliphatic imine (C=N–C) groups is 1. The number of allylic oxidation sites excluding steroid dienone is 4. The van der Waals surface area contributed by atoms with Crippen molar-refractivity contribution in [3.05, 3.63) is 161 Å². The minimum Gasteiger partial charge on any atom is -0.260 e. The lowest BCUT2D eigenvalue weighted by molar-refractivity contribution is 1.15. The van der Waals surface area contributed by atoms with E-state index in [1.54, 1.807) is 0 Å². The molecule has 0 spiro atoms. The molecular formula is C33H27N. The lowest BCUT2D eigenvalue weighted by Gasteiger charge is -2.24. The van der Waals surface area contributed by atoms with Gasteiger partial charge in [0, 0.05) is 11.8 Å². The summed E-state index contributed by atoms with van der Waals surface area (Å²) in [7, 11) is 0. The molecule has 0 aromatic heterocycles. The first-order valence-electron chi connectivity index (χ1n) is 11.7. The van der Waals surface area contributed by atoms with E-state index in [-0.39, 0.29) is 5.92 Å². The normalized spacial score (nSPS) is 16.2. The zero-order valence-electron chi connectivity index (χ0n) is 19.3. The molecule has 0 saturated carbocycles. The van der Waals surface area contributed by atoms with Gasteiger partial charge in [-0.2, -0.15) is 0 Å². The molecule has 5 rings (SSSR count). The monoisotopic (exact) mass is 437 g/mol. The van der Waals surface area contributed by atoms with E-state index < -0.39 is 0 Å². The summed E-state index contributed by atoms with van der Waals surface area (Å²) >= 11 is 0. The maximum absolute atomic E-state index is 5.11. The lowest BCUT2D eigenvalue weighted by atomic mass is 9.79. The van der Waals surface area contributed by atoms with Gasteiger partial charge in [0.1, 0.15) is 0 Å². The largest absolute Gasteiger partial charge is 0.260 e. The molecule has 0 bridgehead atoms. The summed E-state index contributed by atoms with van der Waals surface area (Å²) in [5, 5.41) is 0. The number of nitrogens with zero attached hydrogens (tertiary/aromatic N) is 1. The Hall–Kier alpha value is -4.23. The predicted molar refractivity (Wildman–Crippen MR) is 146 cm³/mol. The number of hydrogen-bond donors (Lipinski definition) is 0. The van der Waals surface area contributed by atoms with Crippen molar-refractivity contribution < 1.29 is 0 Å². The van der Waals surface area contributed by atoms with Crippen LogP contribution in [0.15, 0.2) is 144 Å². The molecule has 4 aromatic carbocycles. The van der Waals surface area contributed by atoms with Crippen molar-refractivity contribution in [1.82, 2.24) is 0 Å². The second-order valence-corrected chi connectivity index (χ2v) is 8.46. The molecular weight excluding hydrogens is 410 g/mol. The van der Waals surface area contributed by atoms with Gasteiger partial charge in [-0.1, -0.05) is 127 Å². The minimum absolute atomic E-state index is 0.0148.